The molecule has 0 radical (unpaired) electrons. The first-order chi connectivity index (χ1) is 12.0. The smallest absolute Gasteiger partial charge is 0.199 e. The zero-order valence-corrected chi connectivity index (χ0v) is 18.0. The summed E-state index contributed by atoms with van der Waals surface area (Å²) in [7, 11) is 0. The number of carbonyl (C=O) groups is 2. The molecule has 0 saturated heterocycles. The average molecular weight is 387 g/mol. The molecule has 1 aromatic rings. The van der Waals surface area contributed by atoms with E-state index in [0.29, 0.717) is 16.7 Å². The zero-order chi connectivity index (χ0) is 19.3. The SMILES string of the molecule is CC(C)(C)CC1=C(CC(C)(C)C)SC(=C2C(=O)c3ccccc3C2=O)S1. The quantitative estimate of drug-likeness (QED) is 0.411. The van der Waals surface area contributed by atoms with Crippen LogP contribution in [0.1, 0.15) is 75.1 Å². The van der Waals surface area contributed by atoms with Gasteiger partial charge in [-0.2, -0.15) is 0 Å². The van der Waals surface area contributed by atoms with Crippen LogP contribution in [0, 0.1) is 10.8 Å². The third-order valence-corrected chi connectivity index (χ3v) is 6.88. The van der Waals surface area contributed by atoms with Crippen LogP contribution in [0.15, 0.2) is 43.9 Å². The maximum absolute atomic E-state index is 12.9. The van der Waals surface area contributed by atoms with Gasteiger partial charge in [0, 0.05) is 20.9 Å². The molecule has 0 N–H and O–H groups in total. The molecule has 0 bridgehead atoms. The fourth-order valence-corrected chi connectivity index (χ4v) is 6.56. The van der Waals surface area contributed by atoms with Crippen molar-refractivity contribution in [2.75, 3.05) is 0 Å². The maximum Gasteiger partial charge on any atom is 0.199 e. The van der Waals surface area contributed by atoms with Crippen molar-refractivity contribution >= 4 is 35.1 Å². The van der Waals surface area contributed by atoms with Crippen LogP contribution in [0.4, 0.5) is 0 Å². The number of rotatable bonds is 2. The van der Waals surface area contributed by atoms with E-state index in [1.165, 1.54) is 9.81 Å². The lowest BCUT2D eigenvalue weighted by Gasteiger charge is -2.22. The van der Waals surface area contributed by atoms with E-state index in [-0.39, 0.29) is 22.4 Å². The van der Waals surface area contributed by atoms with Crippen LogP contribution < -0.4 is 0 Å². The standard InChI is InChI=1S/C22H26O2S2/c1-21(2,3)11-15-16(12-22(4,5)6)26-20(25-15)17-18(23)13-9-7-8-10-14(13)19(17)24/h7-10H,11-12H2,1-6H3. The van der Waals surface area contributed by atoms with E-state index in [9.17, 15) is 9.59 Å². The molecular formula is C22H26O2S2. The van der Waals surface area contributed by atoms with Crippen molar-refractivity contribution in [3.8, 4) is 0 Å². The summed E-state index contributed by atoms with van der Waals surface area (Å²) in [5, 5.41) is 0. The lowest BCUT2D eigenvalue weighted by Crippen LogP contribution is -2.08. The average Bonchev–Trinajstić information content (AvgIpc) is 2.96. The summed E-state index contributed by atoms with van der Waals surface area (Å²) in [4.78, 5) is 28.3. The highest BCUT2D eigenvalue weighted by atomic mass is 32.2. The molecule has 2 aliphatic rings. The molecule has 1 aromatic carbocycles. The van der Waals surface area contributed by atoms with Gasteiger partial charge in [-0.3, -0.25) is 9.59 Å². The second kappa shape index (κ2) is 6.72. The molecule has 1 heterocycles. The Morgan fingerprint density at radius 2 is 1.12 bits per heavy atom. The highest BCUT2D eigenvalue weighted by Gasteiger charge is 2.39. The second-order valence-corrected chi connectivity index (χ2v) is 11.9. The van der Waals surface area contributed by atoms with Gasteiger partial charge in [0.15, 0.2) is 11.6 Å². The predicted molar refractivity (Wildman–Crippen MR) is 112 cm³/mol. The number of thioether (sulfide) groups is 2. The minimum atomic E-state index is -0.118. The highest BCUT2D eigenvalue weighted by Crippen LogP contribution is 2.57. The largest absolute Gasteiger partial charge is 0.288 e. The van der Waals surface area contributed by atoms with Crippen LogP contribution in [-0.2, 0) is 0 Å². The molecule has 26 heavy (non-hydrogen) atoms. The Morgan fingerprint density at radius 3 is 1.46 bits per heavy atom. The predicted octanol–water partition coefficient (Wildman–Crippen LogP) is 6.84. The third kappa shape index (κ3) is 4.01. The summed E-state index contributed by atoms with van der Waals surface area (Å²) in [6, 6.07) is 7.15. The molecule has 138 valence electrons. The molecule has 0 spiro atoms. The first kappa shape index (κ1) is 19.5. The number of Topliss-reactive ketones (excluding diaryl/α,β-unsaturated/α-hetero) is 2. The van der Waals surface area contributed by atoms with Crippen LogP contribution in [-0.4, -0.2) is 11.6 Å². The minimum absolute atomic E-state index is 0.118. The Balaban J connectivity index is 1.99. The van der Waals surface area contributed by atoms with Crippen LogP contribution in [0.2, 0.25) is 0 Å². The first-order valence-electron chi connectivity index (χ1n) is 8.97. The van der Waals surface area contributed by atoms with E-state index in [2.05, 4.69) is 41.5 Å². The molecule has 1 aliphatic carbocycles. The fraction of sp³-hybridized carbons (Fsp3) is 0.455. The van der Waals surface area contributed by atoms with Crippen molar-refractivity contribution in [3.63, 3.8) is 0 Å². The topological polar surface area (TPSA) is 34.1 Å². The van der Waals surface area contributed by atoms with Crippen molar-refractivity contribution in [1.29, 1.82) is 0 Å². The fourth-order valence-electron chi connectivity index (χ4n) is 3.13. The molecular weight excluding hydrogens is 360 g/mol. The number of carbonyl (C=O) groups excluding carboxylic acids is 2. The van der Waals surface area contributed by atoms with Crippen molar-refractivity contribution in [2.45, 2.75) is 54.4 Å². The summed E-state index contributed by atoms with van der Waals surface area (Å²) in [5.41, 5.74) is 1.79. The zero-order valence-electron chi connectivity index (χ0n) is 16.4. The van der Waals surface area contributed by atoms with Crippen LogP contribution in [0.5, 0.6) is 0 Å². The number of benzene rings is 1. The molecule has 0 amide bonds. The Morgan fingerprint density at radius 1 is 0.731 bits per heavy atom. The van der Waals surface area contributed by atoms with Gasteiger partial charge in [0.2, 0.25) is 0 Å². The van der Waals surface area contributed by atoms with Crippen LogP contribution in [0.3, 0.4) is 0 Å². The lowest BCUT2D eigenvalue weighted by molar-refractivity contribution is 0.0989. The van der Waals surface area contributed by atoms with Gasteiger partial charge in [0.1, 0.15) is 0 Å². The van der Waals surface area contributed by atoms with Crippen LogP contribution in [0.25, 0.3) is 0 Å². The van der Waals surface area contributed by atoms with E-state index < -0.39 is 0 Å². The Hall–Kier alpha value is -1.26. The first-order valence-corrected chi connectivity index (χ1v) is 10.6. The van der Waals surface area contributed by atoms with Gasteiger partial charge in [-0.25, -0.2) is 0 Å². The van der Waals surface area contributed by atoms with Crippen LogP contribution >= 0.6 is 23.5 Å². The number of allylic oxidation sites excluding steroid dienone is 3. The molecule has 4 heteroatoms. The Labute approximate surface area is 164 Å². The number of fused-ring (bicyclic) bond motifs is 1. The van der Waals surface area contributed by atoms with Crippen molar-refractivity contribution < 1.29 is 9.59 Å². The third-order valence-electron chi connectivity index (χ3n) is 4.20. The highest BCUT2D eigenvalue weighted by molar-refractivity contribution is 8.28. The van der Waals surface area contributed by atoms with Gasteiger partial charge < -0.3 is 0 Å². The summed E-state index contributed by atoms with van der Waals surface area (Å²) < 4.78 is 0.870. The van der Waals surface area contributed by atoms with Gasteiger partial charge >= 0.3 is 0 Å². The monoisotopic (exact) mass is 386 g/mol. The van der Waals surface area contributed by atoms with Gasteiger partial charge in [-0.05, 0) is 23.7 Å². The summed E-state index contributed by atoms with van der Waals surface area (Å²) in [5.74, 6) is -0.236. The number of ketones is 2. The molecule has 0 aromatic heterocycles. The lowest BCUT2D eigenvalue weighted by atomic mass is 9.89. The van der Waals surface area contributed by atoms with E-state index in [4.69, 9.17) is 0 Å². The minimum Gasteiger partial charge on any atom is -0.288 e. The molecule has 1 aliphatic heterocycles. The van der Waals surface area contributed by atoms with Gasteiger partial charge in [0.05, 0.1) is 9.81 Å². The van der Waals surface area contributed by atoms with Crippen molar-refractivity contribution in [3.05, 3.63) is 55.0 Å². The Kier molecular flexibility index (Phi) is 5.04. The van der Waals surface area contributed by atoms with E-state index in [1.54, 1.807) is 35.7 Å². The van der Waals surface area contributed by atoms with E-state index >= 15 is 0 Å². The molecule has 3 rings (SSSR count). The van der Waals surface area contributed by atoms with Crippen molar-refractivity contribution in [2.24, 2.45) is 10.8 Å². The van der Waals surface area contributed by atoms with E-state index in [0.717, 1.165) is 17.1 Å². The molecule has 0 fully saturated rings. The molecule has 0 atom stereocenters. The maximum atomic E-state index is 12.9. The normalized spacial score (nSPS) is 18.2. The molecule has 0 saturated carbocycles. The molecule has 2 nitrogen and oxygen atoms in total. The Bertz CT molecular complexity index is 779. The van der Waals surface area contributed by atoms with Gasteiger partial charge in [-0.15, -0.1) is 0 Å². The summed E-state index contributed by atoms with van der Waals surface area (Å²) >= 11 is 3.28. The number of hydrogen-bond donors (Lipinski definition) is 0. The van der Waals surface area contributed by atoms with E-state index in [1.807, 2.05) is 12.1 Å². The summed E-state index contributed by atoms with van der Waals surface area (Å²) in [6.45, 7) is 13.4. The van der Waals surface area contributed by atoms with Gasteiger partial charge in [0.25, 0.3) is 0 Å². The molecule has 0 unspecified atom stereocenters. The second-order valence-electron chi connectivity index (χ2n) is 9.39. The number of hydrogen-bond acceptors (Lipinski definition) is 4. The van der Waals surface area contributed by atoms with Gasteiger partial charge in [-0.1, -0.05) is 89.3 Å². The van der Waals surface area contributed by atoms with Crippen molar-refractivity contribution in [1.82, 2.24) is 0 Å². The summed E-state index contributed by atoms with van der Waals surface area (Å²) in [6.07, 6.45) is 1.92.